The van der Waals surface area contributed by atoms with E-state index in [1.165, 1.54) is 72.4 Å². The topological polar surface area (TPSA) is 47.9 Å². The van der Waals surface area contributed by atoms with Crippen LogP contribution in [0.5, 0.6) is 23.0 Å². The molecule has 6 rings (SSSR count). The number of methoxy groups -OCH3 is 1. The Balaban J connectivity index is 0.000000348. The number of rotatable bonds is 9. The van der Waals surface area contributed by atoms with Gasteiger partial charge in [-0.1, -0.05) is 186 Å². The number of hydrogen-bond acceptors (Lipinski definition) is 4. The van der Waals surface area contributed by atoms with E-state index in [-0.39, 0.29) is 40.3 Å². The Hall–Kier alpha value is -5.48. The minimum Gasteiger partial charge on any atom is -0.508 e. The monoisotopic (exact) mass is 1030 g/mol. The van der Waals surface area contributed by atoms with Gasteiger partial charge in [0.1, 0.15) is 34.2 Å². The van der Waals surface area contributed by atoms with E-state index in [2.05, 4.69) is 263 Å². The van der Waals surface area contributed by atoms with E-state index < -0.39 is 0 Å². The lowest BCUT2D eigenvalue weighted by atomic mass is 9.83. The van der Waals surface area contributed by atoms with Crippen LogP contribution in [0, 0.1) is 0 Å². The van der Waals surface area contributed by atoms with Gasteiger partial charge in [-0.3, -0.25) is 0 Å². The maximum absolute atomic E-state index is 9.78. The summed E-state index contributed by atoms with van der Waals surface area (Å²) in [5, 5.41) is 9.78. The van der Waals surface area contributed by atoms with Crippen molar-refractivity contribution in [2.24, 2.45) is 0 Å². The van der Waals surface area contributed by atoms with Gasteiger partial charge in [0, 0.05) is 11.1 Å². The van der Waals surface area contributed by atoms with Crippen molar-refractivity contribution in [1.29, 1.82) is 0 Å². The molecule has 2 heterocycles. The number of ether oxygens (including phenoxy) is 3. The molecule has 0 unspecified atom stereocenters. The second-order valence-electron chi connectivity index (χ2n) is 27.0. The van der Waals surface area contributed by atoms with Crippen LogP contribution in [0.15, 0.2) is 119 Å². The number of allylic oxidation sites excluding steroid dienone is 8. The molecule has 0 bridgehead atoms. The Morgan fingerprint density at radius 3 is 1.24 bits per heavy atom. The summed E-state index contributed by atoms with van der Waals surface area (Å²) in [5.41, 5.74) is 18.1. The van der Waals surface area contributed by atoms with Crippen molar-refractivity contribution in [2.75, 3.05) is 7.11 Å². The normalized spacial score (nSPS) is 13.8. The molecule has 0 spiro atoms. The third-order valence-corrected chi connectivity index (χ3v) is 13.2. The van der Waals surface area contributed by atoms with Gasteiger partial charge >= 0.3 is 0 Å². The Labute approximate surface area is 466 Å². The molecule has 0 aromatic heterocycles. The van der Waals surface area contributed by atoms with E-state index in [4.69, 9.17) is 14.2 Å². The lowest BCUT2D eigenvalue weighted by Crippen LogP contribution is -2.28. The Bertz CT molecular complexity index is 2690. The van der Waals surface area contributed by atoms with E-state index in [0.29, 0.717) is 5.75 Å². The highest BCUT2D eigenvalue weighted by Gasteiger charge is 2.27. The van der Waals surface area contributed by atoms with Crippen LogP contribution in [-0.2, 0) is 47.3 Å². The summed E-state index contributed by atoms with van der Waals surface area (Å²) in [7, 11) is 1.78. The summed E-state index contributed by atoms with van der Waals surface area (Å²) in [6.07, 6.45) is 21.2. The minimum atomic E-state index is -0.226. The van der Waals surface area contributed by atoms with E-state index in [0.717, 1.165) is 48.5 Å². The van der Waals surface area contributed by atoms with Crippen molar-refractivity contribution < 1.29 is 19.3 Å². The van der Waals surface area contributed by atoms with Crippen molar-refractivity contribution >= 4 is 12.2 Å². The summed E-state index contributed by atoms with van der Waals surface area (Å²) in [6.45, 7) is 52.2. The number of fused-ring (bicyclic) bond motifs is 2. The van der Waals surface area contributed by atoms with Crippen LogP contribution in [0.2, 0.25) is 0 Å². The van der Waals surface area contributed by atoms with Crippen molar-refractivity contribution in [2.45, 2.75) is 232 Å². The van der Waals surface area contributed by atoms with Crippen LogP contribution in [0.25, 0.3) is 12.2 Å². The summed E-state index contributed by atoms with van der Waals surface area (Å²) in [4.78, 5) is 0. The van der Waals surface area contributed by atoms with Gasteiger partial charge in [0.15, 0.2) is 0 Å². The Morgan fingerprint density at radius 2 is 0.803 bits per heavy atom. The molecular weight excluding hydrogens is 929 g/mol. The molecule has 2 aliphatic rings. The predicted molar refractivity (Wildman–Crippen MR) is 336 cm³/mol. The quantitative estimate of drug-likeness (QED) is 0.170. The van der Waals surface area contributed by atoms with Crippen molar-refractivity contribution in [1.82, 2.24) is 0 Å². The molecule has 4 aromatic carbocycles. The molecule has 0 fully saturated rings. The molecule has 76 heavy (non-hydrogen) atoms. The van der Waals surface area contributed by atoms with Crippen molar-refractivity contribution in [3.05, 3.63) is 175 Å². The van der Waals surface area contributed by atoms with E-state index >= 15 is 0 Å². The summed E-state index contributed by atoms with van der Waals surface area (Å²) < 4.78 is 17.9. The highest BCUT2D eigenvalue weighted by atomic mass is 16.5. The zero-order valence-electron chi connectivity index (χ0n) is 51.9. The fraction of sp³-hybridized carbons (Fsp3) is 0.500. The summed E-state index contributed by atoms with van der Waals surface area (Å²) in [5.74, 6) is 3.47. The first-order valence-corrected chi connectivity index (χ1v) is 27.5. The minimum absolute atomic E-state index is 0. The zero-order chi connectivity index (χ0) is 57.1. The van der Waals surface area contributed by atoms with Crippen LogP contribution in [0.4, 0.5) is 0 Å². The average molecular weight is 1040 g/mol. The highest BCUT2D eigenvalue weighted by molar-refractivity contribution is 5.66. The lowest BCUT2D eigenvalue weighted by molar-refractivity contribution is 0.157. The van der Waals surface area contributed by atoms with Crippen LogP contribution < -0.4 is 14.2 Å². The summed E-state index contributed by atoms with van der Waals surface area (Å²) in [6, 6.07) is 21.6. The molecule has 4 nitrogen and oxygen atoms in total. The SMILES string of the molecule is C.CC(C)=CCc1cc(C(C)(C)C)cc2c1OC(C)(C)C=C2.CC(C)=CCc1cc(C(C)(C)C)ccc1O.CC1(C)C=Cc2cc(C(C)(C)C)ccc2O1.COc1c(CC=C(C)C)cc(C(C)(C)C)cc1CC=C(C)C. The number of aromatic hydroxyl groups is 1. The fourth-order valence-electron chi connectivity index (χ4n) is 8.20. The molecule has 418 valence electrons. The summed E-state index contributed by atoms with van der Waals surface area (Å²) >= 11 is 0. The maximum Gasteiger partial charge on any atom is 0.131 e. The van der Waals surface area contributed by atoms with Gasteiger partial charge in [-0.2, -0.15) is 0 Å². The number of phenols is 1. The molecule has 1 N–H and O–H groups in total. The second kappa shape index (κ2) is 27.2. The molecule has 0 saturated heterocycles. The molecule has 2 aliphatic heterocycles. The third-order valence-electron chi connectivity index (χ3n) is 13.2. The zero-order valence-corrected chi connectivity index (χ0v) is 51.9. The largest absolute Gasteiger partial charge is 0.508 e. The second-order valence-corrected chi connectivity index (χ2v) is 27.0. The Kier molecular flexibility index (Phi) is 23.9. The first kappa shape index (κ1) is 66.6. The maximum atomic E-state index is 9.78. The van der Waals surface area contributed by atoms with Gasteiger partial charge in [-0.15, -0.1) is 0 Å². The van der Waals surface area contributed by atoms with Gasteiger partial charge in [0.05, 0.1) is 7.11 Å². The number of hydrogen-bond donors (Lipinski definition) is 1. The van der Waals surface area contributed by atoms with Crippen LogP contribution in [-0.4, -0.2) is 23.4 Å². The van der Waals surface area contributed by atoms with Crippen LogP contribution >= 0.6 is 0 Å². The molecule has 0 amide bonds. The van der Waals surface area contributed by atoms with Crippen LogP contribution in [0.3, 0.4) is 0 Å². The predicted octanol–water partition coefficient (Wildman–Crippen LogP) is 20.7. The number of benzene rings is 4. The van der Waals surface area contributed by atoms with E-state index in [1.54, 1.807) is 13.2 Å². The molecule has 4 aromatic rings. The molecular formula is C72H106O4. The van der Waals surface area contributed by atoms with Crippen LogP contribution in [0.1, 0.15) is 229 Å². The highest BCUT2D eigenvalue weighted by Crippen LogP contribution is 2.39. The smallest absolute Gasteiger partial charge is 0.131 e. The van der Waals surface area contributed by atoms with Gasteiger partial charge < -0.3 is 19.3 Å². The molecule has 0 atom stereocenters. The Morgan fingerprint density at radius 1 is 0.461 bits per heavy atom. The molecule has 0 saturated carbocycles. The lowest BCUT2D eigenvalue weighted by Gasteiger charge is -2.31. The van der Waals surface area contributed by atoms with Crippen molar-refractivity contribution in [3.63, 3.8) is 0 Å². The first-order valence-electron chi connectivity index (χ1n) is 27.5. The molecule has 4 heteroatoms. The van der Waals surface area contributed by atoms with E-state index in [1.807, 2.05) is 6.07 Å². The fourth-order valence-corrected chi connectivity index (χ4v) is 8.20. The molecule has 0 aliphatic carbocycles. The van der Waals surface area contributed by atoms with E-state index in [9.17, 15) is 5.11 Å². The average Bonchev–Trinajstić information content (AvgIpc) is 3.27. The third kappa shape index (κ3) is 21.5. The molecule has 0 radical (unpaired) electrons. The van der Waals surface area contributed by atoms with Gasteiger partial charge in [-0.05, 0) is 211 Å². The van der Waals surface area contributed by atoms with Gasteiger partial charge in [-0.25, -0.2) is 0 Å². The standard InChI is InChI=1S/C21H32O.C20H28O.C15H20O.C15H22O.CH4/c1-15(2)9-11-17-13-19(21(5,6)7)14-18(20(17)22-8)12-10-16(3)4;1-14(2)8-9-15-12-17(19(3,4)5)13-16-10-11-20(6,7)21-18(15)16;1-14(2,3)12-6-7-13-11(10-12)8-9-15(4,5)16-13;1-11(2)6-7-12-10-13(15(3,4)5)8-9-14(12)16;/h9-10,13-14H,11-12H2,1-8H3;8,10-13H,9H2,1-7H3;6-10H,1-5H3;6,8-10,16H,7H2,1-5H3;1H4. The van der Waals surface area contributed by atoms with Gasteiger partial charge in [0.2, 0.25) is 0 Å². The number of phenolic OH excluding ortho intramolecular Hbond substituents is 1. The van der Waals surface area contributed by atoms with Crippen molar-refractivity contribution in [3.8, 4) is 23.0 Å². The first-order chi connectivity index (χ1) is 34.3. The van der Waals surface area contributed by atoms with Gasteiger partial charge in [0.25, 0.3) is 0 Å².